The molecule has 1 aliphatic heterocycles. The van der Waals surface area contributed by atoms with Gasteiger partial charge >= 0.3 is 0 Å². The monoisotopic (exact) mass is 169 g/mol. The Morgan fingerprint density at radius 2 is 1.83 bits per heavy atom. The first-order valence-electron chi connectivity index (χ1n) is 5.21. The minimum absolute atomic E-state index is 0.0260. The topological polar surface area (TPSA) is 23.5 Å². The van der Waals surface area contributed by atoms with Crippen molar-refractivity contribution in [3.05, 3.63) is 0 Å². The van der Waals surface area contributed by atoms with E-state index in [0.29, 0.717) is 11.8 Å². The van der Waals surface area contributed by atoms with Crippen LogP contribution in [0.15, 0.2) is 0 Å². The molecule has 0 aromatic carbocycles. The van der Waals surface area contributed by atoms with Gasteiger partial charge in [0.05, 0.1) is 6.10 Å². The van der Waals surface area contributed by atoms with E-state index in [9.17, 15) is 5.11 Å². The number of rotatable bonds is 2. The van der Waals surface area contributed by atoms with Crippen molar-refractivity contribution in [3.8, 4) is 0 Å². The van der Waals surface area contributed by atoms with Crippen molar-refractivity contribution < 1.29 is 5.11 Å². The highest BCUT2D eigenvalue weighted by Crippen LogP contribution is 2.36. The maximum atomic E-state index is 9.77. The van der Waals surface area contributed by atoms with Crippen molar-refractivity contribution in [2.45, 2.75) is 32.3 Å². The summed E-state index contributed by atoms with van der Waals surface area (Å²) in [5.74, 6) is 1.19. The number of likely N-dealkylation sites (tertiary alicyclic amines) is 1. The molecule has 70 valence electrons. The van der Waals surface area contributed by atoms with Gasteiger partial charge < -0.3 is 10.0 Å². The first-order chi connectivity index (χ1) is 5.81. The zero-order valence-electron chi connectivity index (χ0n) is 7.87. The Labute approximate surface area is 74.6 Å². The lowest BCUT2D eigenvalue weighted by molar-refractivity contribution is 0.0170. The molecule has 0 aromatic heterocycles. The molecule has 2 aliphatic rings. The summed E-state index contributed by atoms with van der Waals surface area (Å²) in [7, 11) is 0. The van der Waals surface area contributed by atoms with E-state index in [2.05, 4.69) is 11.8 Å². The number of hydrogen-bond donors (Lipinski definition) is 1. The van der Waals surface area contributed by atoms with Crippen LogP contribution in [0.1, 0.15) is 26.2 Å². The van der Waals surface area contributed by atoms with Gasteiger partial charge in [0, 0.05) is 13.1 Å². The molecule has 1 N–H and O–H groups in total. The summed E-state index contributed by atoms with van der Waals surface area (Å²) in [6.45, 7) is 5.74. The first-order valence-corrected chi connectivity index (χ1v) is 5.21. The molecule has 0 unspecified atom stereocenters. The second kappa shape index (κ2) is 3.35. The third-order valence-electron chi connectivity index (χ3n) is 3.40. The number of hydrogen-bond acceptors (Lipinski definition) is 2. The van der Waals surface area contributed by atoms with Gasteiger partial charge in [-0.2, -0.15) is 0 Å². The van der Waals surface area contributed by atoms with Crippen LogP contribution in [0.2, 0.25) is 0 Å². The fourth-order valence-corrected chi connectivity index (χ4v) is 2.79. The fraction of sp³-hybridized carbons (Fsp3) is 1.00. The zero-order chi connectivity index (χ0) is 8.55. The van der Waals surface area contributed by atoms with Gasteiger partial charge in [0.15, 0.2) is 0 Å². The Morgan fingerprint density at radius 1 is 1.25 bits per heavy atom. The average molecular weight is 169 g/mol. The van der Waals surface area contributed by atoms with Crippen LogP contribution >= 0.6 is 0 Å². The Bertz CT molecular complexity index is 146. The molecule has 1 aliphatic carbocycles. The second-order valence-corrected chi connectivity index (χ2v) is 4.35. The van der Waals surface area contributed by atoms with Crippen molar-refractivity contribution in [1.82, 2.24) is 4.90 Å². The Hall–Kier alpha value is -0.0800. The van der Waals surface area contributed by atoms with Crippen molar-refractivity contribution in [2.24, 2.45) is 11.8 Å². The van der Waals surface area contributed by atoms with Gasteiger partial charge in [0.1, 0.15) is 0 Å². The number of aliphatic hydroxyl groups is 1. The van der Waals surface area contributed by atoms with Crippen molar-refractivity contribution >= 4 is 0 Å². The van der Waals surface area contributed by atoms with E-state index in [1.807, 2.05) is 0 Å². The largest absolute Gasteiger partial charge is 0.392 e. The lowest BCUT2D eigenvalue weighted by Crippen LogP contribution is -2.44. The molecular formula is C10H19NO. The van der Waals surface area contributed by atoms with Gasteiger partial charge in [-0.25, -0.2) is 0 Å². The van der Waals surface area contributed by atoms with Crippen molar-refractivity contribution in [2.75, 3.05) is 19.6 Å². The standard InChI is InChI=1S/C10H19NO/c1-2-5-11-6-8-3-4-9(7-11)10(8)12/h8-10,12H,2-7H2,1H3/t8-,9-/m0/s1. The molecule has 0 aromatic rings. The quantitative estimate of drug-likeness (QED) is 0.669. The van der Waals surface area contributed by atoms with Crippen molar-refractivity contribution in [3.63, 3.8) is 0 Å². The summed E-state index contributed by atoms with van der Waals surface area (Å²) in [6, 6.07) is 0. The van der Waals surface area contributed by atoms with Gasteiger partial charge in [-0.05, 0) is 37.6 Å². The van der Waals surface area contributed by atoms with Crippen LogP contribution in [0.5, 0.6) is 0 Å². The average Bonchev–Trinajstić information content (AvgIpc) is 2.33. The second-order valence-electron chi connectivity index (χ2n) is 4.35. The van der Waals surface area contributed by atoms with E-state index < -0.39 is 0 Å². The molecule has 2 nitrogen and oxygen atoms in total. The van der Waals surface area contributed by atoms with Crippen LogP contribution < -0.4 is 0 Å². The fourth-order valence-electron chi connectivity index (χ4n) is 2.79. The van der Waals surface area contributed by atoms with Crippen LogP contribution in [-0.4, -0.2) is 35.7 Å². The van der Waals surface area contributed by atoms with Crippen LogP contribution in [0.25, 0.3) is 0 Å². The predicted molar refractivity (Wildman–Crippen MR) is 49.0 cm³/mol. The lowest BCUT2D eigenvalue weighted by Gasteiger charge is -2.35. The van der Waals surface area contributed by atoms with E-state index in [1.165, 1.54) is 25.8 Å². The molecule has 2 bridgehead atoms. The Kier molecular flexibility index (Phi) is 2.37. The highest BCUT2D eigenvalue weighted by molar-refractivity contribution is 4.92. The summed E-state index contributed by atoms with van der Waals surface area (Å²) in [5.41, 5.74) is 0. The number of fused-ring (bicyclic) bond motifs is 2. The van der Waals surface area contributed by atoms with Crippen molar-refractivity contribution in [1.29, 1.82) is 0 Å². The highest BCUT2D eigenvalue weighted by Gasteiger charge is 2.40. The SMILES string of the molecule is CCCN1C[C@@H]2CC[C@@H](C1)C2O. The van der Waals surface area contributed by atoms with Gasteiger partial charge in [-0.15, -0.1) is 0 Å². The third kappa shape index (κ3) is 1.38. The van der Waals surface area contributed by atoms with Gasteiger partial charge in [-0.3, -0.25) is 0 Å². The van der Waals surface area contributed by atoms with Gasteiger partial charge in [-0.1, -0.05) is 6.92 Å². The predicted octanol–water partition coefficient (Wildman–Crippen LogP) is 1.10. The summed E-state index contributed by atoms with van der Waals surface area (Å²) in [6.07, 6.45) is 3.78. The van der Waals surface area contributed by atoms with Crippen LogP contribution in [0.4, 0.5) is 0 Å². The van der Waals surface area contributed by atoms with Crippen LogP contribution in [0.3, 0.4) is 0 Å². The highest BCUT2D eigenvalue weighted by atomic mass is 16.3. The van der Waals surface area contributed by atoms with E-state index in [4.69, 9.17) is 0 Å². The normalized spacial score (nSPS) is 42.0. The molecule has 0 radical (unpaired) electrons. The van der Waals surface area contributed by atoms with Gasteiger partial charge in [0.2, 0.25) is 0 Å². The number of aliphatic hydroxyl groups excluding tert-OH is 1. The Morgan fingerprint density at radius 3 is 2.33 bits per heavy atom. The number of piperidine rings is 1. The van der Waals surface area contributed by atoms with Crippen LogP contribution in [0, 0.1) is 11.8 Å². The molecule has 2 atom stereocenters. The first kappa shape index (κ1) is 8.52. The maximum absolute atomic E-state index is 9.77. The summed E-state index contributed by atoms with van der Waals surface area (Å²) in [5, 5.41) is 9.77. The molecular weight excluding hydrogens is 150 g/mol. The molecule has 2 fully saturated rings. The molecule has 12 heavy (non-hydrogen) atoms. The minimum atomic E-state index is 0.0260. The summed E-state index contributed by atoms with van der Waals surface area (Å²) < 4.78 is 0. The van der Waals surface area contributed by atoms with E-state index in [1.54, 1.807) is 0 Å². The minimum Gasteiger partial charge on any atom is -0.392 e. The molecule has 1 saturated carbocycles. The number of nitrogens with zero attached hydrogens (tertiary/aromatic N) is 1. The lowest BCUT2D eigenvalue weighted by atomic mass is 9.95. The summed E-state index contributed by atoms with van der Waals surface area (Å²) >= 11 is 0. The molecule has 2 rings (SSSR count). The van der Waals surface area contributed by atoms with E-state index in [-0.39, 0.29) is 6.10 Å². The van der Waals surface area contributed by atoms with Gasteiger partial charge in [0.25, 0.3) is 0 Å². The molecule has 0 amide bonds. The zero-order valence-corrected chi connectivity index (χ0v) is 7.87. The smallest absolute Gasteiger partial charge is 0.0620 e. The third-order valence-corrected chi connectivity index (χ3v) is 3.40. The van der Waals surface area contributed by atoms with Crippen LogP contribution in [-0.2, 0) is 0 Å². The van der Waals surface area contributed by atoms with E-state index in [0.717, 1.165) is 13.1 Å². The molecule has 0 spiro atoms. The van der Waals surface area contributed by atoms with E-state index >= 15 is 0 Å². The molecule has 1 saturated heterocycles. The Balaban J connectivity index is 1.93. The molecule has 1 heterocycles. The maximum Gasteiger partial charge on any atom is 0.0620 e. The molecule has 2 heteroatoms. The summed E-state index contributed by atoms with van der Waals surface area (Å²) in [4.78, 5) is 2.52.